The van der Waals surface area contributed by atoms with Crippen LogP contribution in [0.15, 0.2) is 48.5 Å². The molecular formula is C19H18ClF3N2O4S. The Bertz CT molecular complexity index is 1030. The van der Waals surface area contributed by atoms with Crippen molar-refractivity contribution in [1.82, 2.24) is 4.90 Å². The Morgan fingerprint density at radius 1 is 1.13 bits per heavy atom. The summed E-state index contributed by atoms with van der Waals surface area (Å²) in [4.78, 5) is 15.7. The van der Waals surface area contributed by atoms with Gasteiger partial charge in [0, 0.05) is 23.8 Å². The second-order valence-electron chi connectivity index (χ2n) is 6.85. The van der Waals surface area contributed by atoms with E-state index in [2.05, 4.69) is 0 Å². The maximum absolute atomic E-state index is 13.2. The first-order chi connectivity index (χ1) is 14.0. The summed E-state index contributed by atoms with van der Waals surface area (Å²) in [5.41, 5.74) is -0.0807. The number of halogens is 4. The van der Waals surface area contributed by atoms with Gasteiger partial charge in [0.25, 0.3) is 10.1 Å². The molecule has 0 spiro atoms. The minimum atomic E-state index is -4.53. The van der Waals surface area contributed by atoms with E-state index in [9.17, 15) is 26.4 Å². The number of benzene rings is 2. The van der Waals surface area contributed by atoms with Crippen LogP contribution in [0.5, 0.6) is 0 Å². The molecule has 2 aromatic rings. The molecule has 3 rings (SSSR count). The van der Waals surface area contributed by atoms with Gasteiger partial charge >= 0.3 is 12.2 Å². The van der Waals surface area contributed by atoms with E-state index in [0.29, 0.717) is 16.3 Å². The number of carbonyl (C=O) groups is 1. The standard InChI is InChI=1S/C19H18ClF3N2O4S/c20-15-5-7-16(8-6-15)25-17(13-3-1-4-14(11-13)19(21,22)23)12-24(18(25)26)9-2-10-30(27,28)29/h1,3-8,11,17H,2,9-10,12H2,(H,27,28,29)/t17-/m1/s1. The van der Waals surface area contributed by atoms with Crippen molar-refractivity contribution in [3.63, 3.8) is 0 Å². The Labute approximate surface area is 176 Å². The monoisotopic (exact) mass is 462 g/mol. The fourth-order valence-electron chi connectivity index (χ4n) is 3.35. The third-order valence-electron chi connectivity index (χ3n) is 4.72. The molecular weight excluding hydrogens is 445 g/mol. The molecule has 1 heterocycles. The van der Waals surface area contributed by atoms with Crippen LogP contribution in [0.3, 0.4) is 0 Å². The van der Waals surface area contributed by atoms with E-state index >= 15 is 0 Å². The normalized spacial score (nSPS) is 17.6. The molecule has 1 N–H and O–H groups in total. The number of hydrogen-bond acceptors (Lipinski definition) is 3. The molecule has 2 aromatic carbocycles. The summed E-state index contributed by atoms with van der Waals surface area (Å²) < 4.78 is 70.3. The molecule has 6 nitrogen and oxygen atoms in total. The van der Waals surface area contributed by atoms with Gasteiger partial charge in [0.2, 0.25) is 0 Å². The number of urea groups is 1. The van der Waals surface area contributed by atoms with Gasteiger partial charge in [-0.05, 0) is 48.4 Å². The molecule has 2 amide bonds. The van der Waals surface area contributed by atoms with Crippen molar-refractivity contribution in [1.29, 1.82) is 0 Å². The van der Waals surface area contributed by atoms with E-state index in [1.165, 1.54) is 21.9 Å². The molecule has 1 fully saturated rings. The van der Waals surface area contributed by atoms with Crippen LogP contribution < -0.4 is 4.90 Å². The van der Waals surface area contributed by atoms with E-state index in [-0.39, 0.29) is 19.5 Å². The molecule has 0 aromatic heterocycles. The van der Waals surface area contributed by atoms with Crippen LogP contribution in [0.2, 0.25) is 5.02 Å². The van der Waals surface area contributed by atoms with Crippen molar-refractivity contribution < 1.29 is 30.9 Å². The molecule has 0 bridgehead atoms. The highest BCUT2D eigenvalue weighted by Crippen LogP contribution is 2.37. The Morgan fingerprint density at radius 3 is 2.40 bits per heavy atom. The van der Waals surface area contributed by atoms with E-state index in [0.717, 1.165) is 12.1 Å². The molecule has 11 heteroatoms. The second kappa shape index (κ2) is 8.44. The number of carbonyl (C=O) groups excluding carboxylic acids is 1. The minimum Gasteiger partial charge on any atom is -0.322 e. The summed E-state index contributed by atoms with van der Waals surface area (Å²) >= 11 is 5.90. The SMILES string of the molecule is O=C1N(CCCS(=O)(=O)O)C[C@H](c2cccc(C(F)(F)F)c2)N1c1ccc(Cl)cc1. The largest absolute Gasteiger partial charge is 0.416 e. The highest BCUT2D eigenvalue weighted by molar-refractivity contribution is 7.85. The molecule has 0 aliphatic carbocycles. The van der Waals surface area contributed by atoms with Crippen molar-refractivity contribution in [2.24, 2.45) is 0 Å². The van der Waals surface area contributed by atoms with Crippen LogP contribution in [-0.4, -0.2) is 42.7 Å². The van der Waals surface area contributed by atoms with Crippen LogP contribution in [0.4, 0.5) is 23.7 Å². The van der Waals surface area contributed by atoms with Gasteiger partial charge in [0.05, 0.1) is 17.4 Å². The first-order valence-electron chi connectivity index (χ1n) is 8.92. The highest BCUT2D eigenvalue weighted by Gasteiger charge is 2.40. The van der Waals surface area contributed by atoms with Crippen molar-refractivity contribution in [3.8, 4) is 0 Å². The number of amides is 2. The summed E-state index contributed by atoms with van der Waals surface area (Å²) in [6.07, 6.45) is -4.53. The number of hydrogen-bond donors (Lipinski definition) is 1. The first kappa shape index (κ1) is 22.4. The molecule has 1 aliphatic rings. The lowest BCUT2D eigenvalue weighted by Gasteiger charge is -2.24. The molecule has 162 valence electrons. The summed E-state index contributed by atoms with van der Waals surface area (Å²) in [5, 5.41) is 0.436. The molecule has 0 saturated carbocycles. The van der Waals surface area contributed by atoms with Gasteiger partial charge in [-0.2, -0.15) is 21.6 Å². The highest BCUT2D eigenvalue weighted by atomic mass is 35.5. The van der Waals surface area contributed by atoms with E-state index in [4.69, 9.17) is 16.2 Å². The van der Waals surface area contributed by atoms with Crippen LogP contribution in [-0.2, 0) is 16.3 Å². The Kier molecular flexibility index (Phi) is 6.30. The minimum absolute atomic E-state index is 0.00561. The zero-order chi connectivity index (χ0) is 22.1. The Balaban J connectivity index is 1.94. The summed E-state index contributed by atoms with van der Waals surface area (Å²) in [6.45, 7) is 0.0897. The van der Waals surface area contributed by atoms with Crippen LogP contribution >= 0.6 is 11.6 Å². The van der Waals surface area contributed by atoms with E-state index in [1.54, 1.807) is 24.3 Å². The molecule has 30 heavy (non-hydrogen) atoms. The van der Waals surface area contributed by atoms with Crippen LogP contribution in [0.25, 0.3) is 0 Å². The van der Waals surface area contributed by atoms with Gasteiger partial charge in [0.15, 0.2) is 0 Å². The predicted molar refractivity (Wildman–Crippen MR) is 106 cm³/mol. The lowest BCUT2D eigenvalue weighted by atomic mass is 10.0. The summed E-state index contributed by atoms with van der Waals surface area (Å²) in [6, 6.07) is 9.86. The maximum Gasteiger partial charge on any atom is 0.416 e. The van der Waals surface area contributed by atoms with Gasteiger partial charge in [-0.1, -0.05) is 23.7 Å². The zero-order valence-corrected chi connectivity index (χ0v) is 17.1. The van der Waals surface area contributed by atoms with Crippen molar-refractivity contribution in [2.75, 3.05) is 23.7 Å². The van der Waals surface area contributed by atoms with E-state index in [1.807, 2.05) is 0 Å². The van der Waals surface area contributed by atoms with Gasteiger partial charge < -0.3 is 4.90 Å². The lowest BCUT2D eigenvalue weighted by molar-refractivity contribution is -0.137. The fraction of sp³-hybridized carbons (Fsp3) is 0.316. The summed E-state index contributed by atoms with van der Waals surface area (Å²) in [5.74, 6) is -0.522. The van der Waals surface area contributed by atoms with Crippen molar-refractivity contribution in [2.45, 2.75) is 18.6 Å². The lowest BCUT2D eigenvalue weighted by Crippen LogP contribution is -2.33. The van der Waals surface area contributed by atoms with Crippen LogP contribution in [0.1, 0.15) is 23.6 Å². The predicted octanol–water partition coefficient (Wildman–Crippen LogP) is 4.62. The molecule has 1 aliphatic heterocycles. The first-order valence-corrected chi connectivity index (χ1v) is 10.9. The molecule has 1 atom stereocenters. The molecule has 0 radical (unpaired) electrons. The number of nitrogens with zero attached hydrogens (tertiary/aromatic N) is 2. The van der Waals surface area contributed by atoms with Gasteiger partial charge in [-0.25, -0.2) is 4.79 Å². The maximum atomic E-state index is 13.2. The van der Waals surface area contributed by atoms with Gasteiger partial charge in [-0.15, -0.1) is 0 Å². The number of anilines is 1. The number of rotatable bonds is 6. The topological polar surface area (TPSA) is 77.9 Å². The van der Waals surface area contributed by atoms with Gasteiger partial charge in [-0.3, -0.25) is 9.45 Å². The molecule has 1 saturated heterocycles. The number of alkyl halides is 3. The average Bonchev–Trinajstić information content (AvgIpc) is 2.97. The van der Waals surface area contributed by atoms with Crippen molar-refractivity contribution in [3.05, 3.63) is 64.7 Å². The third-order valence-corrected chi connectivity index (χ3v) is 5.77. The van der Waals surface area contributed by atoms with Crippen LogP contribution in [0, 0.1) is 0 Å². The third kappa shape index (κ3) is 5.24. The zero-order valence-electron chi connectivity index (χ0n) is 15.5. The quantitative estimate of drug-likeness (QED) is 0.635. The van der Waals surface area contributed by atoms with Crippen molar-refractivity contribution >= 4 is 33.4 Å². The average molecular weight is 463 g/mol. The fourth-order valence-corrected chi connectivity index (χ4v) is 3.97. The molecule has 0 unspecified atom stereocenters. The van der Waals surface area contributed by atoms with E-state index < -0.39 is 39.7 Å². The van der Waals surface area contributed by atoms with Gasteiger partial charge in [0.1, 0.15) is 0 Å². The summed E-state index contributed by atoms with van der Waals surface area (Å²) in [7, 11) is -4.18. The second-order valence-corrected chi connectivity index (χ2v) is 8.86. The Morgan fingerprint density at radius 2 is 1.80 bits per heavy atom. The Hall–Kier alpha value is -2.30. The smallest absolute Gasteiger partial charge is 0.322 e.